The Kier molecular flexibility index (Phi) is 6.25. The Bertz CT molecular complexity index is 1760. The van der Waals surface area contributed by atoms with Crippen LogP contribution < -0.4 is 10.7 Å². The smallest absolute Gasteiger partial charge is 0.408 e. The highest BCUT2D eigenvalue weighted by Gasteiger charge is 2.41. The second-order valence-electron chi connectivity index (χ2n) is 11.0. The van der Waals surface area contributed by atoms with Gasteiger partial charge in [0.2, 0.25) is 5.43 Å². The van der Waals surface area contributed by atoms with E-state index in [0.29, 0.717) is 27.8 Å². The molecule has 6 rings (SSSR count). The molecule has 0 unspecified atom stereocenters. The Morgan fingerprint density at radius 3 is 2.33 bits per heavy atom. The maximum atomic E-state index is 14.0. The summed E-state index contributed by atoms with van der Waals surface area (Å²) in [6, 6.07) is 21.2. The fourth-order valence-electron chi connectivity index (χ4n) is 5.23. The number of carbonyl (C=O) groups excluding carboxylic acids is 1. The summed E-state index contributed by atoms with van der Waals surface area (Å²) < 4.78 is 12.9. The number of ether oxygens (including phenoxy) is 1. The lowest BCUT2D eigenvalue weighted by Crippen LogP contribution is -2.52. The van der Waals surface area contributed by atoms with Crippen molar-refractivity contribution in [2.75, 3.05) is 0 Å². The molecule has 198 valence electrons. The van der Waals surface area contributed by atoms with Crippen LogP contribution in [0.3, 0.4) is 0 Å². The average Bonchev–Trinajstić information content (AvgIpc) is 3.27. The Hall–Kier alpha value is -3.66. The predicted octanol–water partition coefficient (Wildman–Crippen LogP) is 7.51. The van der Waals surface area contributed by atoms with Crippen LogP contribution in [0, 0.1) is 3.70 Å². The first kappa shape index (κ1) is 25.6. The van der Waals surface area contributed by atoms with E-state index in [-0.39, 0.29) is 5.43 Å². The maximum absolute atomic E-state index is 14.0. The van der Waals surface area contributed by atoms with Crippen LogP contribution in [0.1, 0.15) is 45.6 Å². The van der Waals surface area contributed by atoms with E-state index < -0.39 is 17.2 Å². The van der Waals surface area contributed by atoms with Crippen molar-refractivity contribution in [2.24, 2.45) is 0 Å². The molecule has 7 nitrogen and oxygen atoms in total. The standard InChI is InChI=1S/C31H28IN3O4/c1-30(2,3)39-29(37)33-31(16-7-17-31)20-12-10-18(11-13-20)23-25(36)22-15-14-21-24(34-35-28(21)32)27(22)38-26(23)19-8-5-4-6-9-19/h4-6,8-15H,7,16-17H2,1-3H3,(H,33,37)(H,34,35). The van der Waals surface area contributed by atoms with Crippen LogP contribution in [0.15, 0.2) is 75.9 Å². The average molecular weight is 633 g/mol. The van der Waals surface area contributed by atoms with Crippen molar-refractivity contribution in [3.8, 4) is 22.5 Å². The van der Waals surface area contributed by atoms with Crippen molar-refractivity contribution in [1.29, 1.82) is 0 Å². The Labute approximate surface area is 239 Å². The fourth-order valence-corrected chi connectivity index (χ4v) is 5.80. The lowest BCUT2D eigenvalue weighted by molar-refractivity contribution is 0.0377. The lowest BCUT2D eigenvalue weighted by atomic mass is 9.71. The molecule has 0 aliphatic heterocycles. The van der Waals surface area contributed by atoms with Gasteiger partial charge < -0.3 is 14.5 Å². The molecule has 39 heavy (non-hydrogen) atoms. The van der Waals surface area contributed by atoms with E-state index in [2.05, 4.69) is 38.1 Å². The van der Waals surface area contributed by atoms with Crippen LogP contribution in [0.4, 0.5) is 4.79 Å². The van der Waals surface area contributed by atoms with Gasteiger partial charge in [0.15, 0.2) is 5.58 Å². The maximum Gasteiger partial charge on any atom is 0.408 e. The second kappa shape index (κ2) is 9.51. The van der Waals surface area contributed by atoms with Gasteiger partial charge in [-0.2, -0.15) is 5.10 Å². The summed E-state index contributed by atoms with van der Waals surface area (Å²) in [5.74, 6) is 0.503. The zero-order valence-corrected chi connectivity index (χ0v) is 24.1. The van der Waals surface area contributed by atoms with Crippen molar-refractivity contribution >= 4 is 50.6 Å². The van der Waals surface area contributed by atoms with Crippen molar-refractivity contribution in [3.63, 3.8) is 0 Å². The van der Waals surface area contributed by atoms with Gasteiger partial charge in [0.25, 0.3) is 0 Å². The zero-order valence-electron chi connectivity index (χ0n) is 21.9. The summed E-state index contributed by atoms with van der Waals surface area (Å²) >= 11 is 2.17. The molecular weight excluding hydrogens is 605 g/mol. The molecule has 2 aromatic heterocycles. The molecule has 1 saturated carbocycles. The van der Waals surface area contributed by atoms with Crippen LogP contribution in [-0.4, -0.2) is 21.9 Å². The molecule has 0 bridgehead atoms. The van der Waals surface area contributed by atoms with Gasteiger partial charge in [-0.3, -0.25) is 9.89 Å². The molecule has 0 atom stereocenters. The monoisotopic (exact) mass is 633 g/mol. The summed E-state index contributed by atoms with van der Waals surface area (Å²) in [5, 5.41) is 11.8. The number of aromatic nitrogens is 2. The largest absolute Gasteiger partial charge is 0.453 e. The van der Waals surface area contributed by atoms with Gasteiger partial charge in [-0.05, 0) is 85.9 Å². The van der Waals surface area contributed by atoms with Crippen molar-refractivity contribution in [1.82, 2.24) is 15.5 Å². The summed E-state index contributed by atoms with van der Waals surface area (Å²) in [7, 11) is 0. The number of carbonyl (C=O) groups is 1. The molecule has 0 saturated heterocycles. The first-order valence-corrected chi connectivity index (χ1v) is 14.0. The van der Waals surface area contributed by atoms with Gasteiger partial charge in [-0.25, -0.2) is 4.79 Å². The molecule has 5 aromatic rings. The van der Waals surface area contributed by atoms with Crippen LogP contribution in [0.2, 0.25) is 0 Å². The number of alkyl carbamates (subject to hydrolysis) is 1. The second-order valence-corrected chi connectivity index (χ2v) is 12.0. The number of hydrogen-bond acceptors (Lipinski definition) is 5. The van der Waals surface area contributed by atoms with E-state index in [9.17, 15) is 9.59 Å². The van der Waals surface area contributed by atoms with Crippen LogP contribution in [0.5, 0.6) is 0 Å². The third-order valence-corrected chi connectivity index (χ3v) is 8.08. The normalized spacial score (nSPS) is 14.8. The number of benzene rings is 3. The summed E-state index contributed by atoms with van der Waals surface area (Å²) in [6.07, 6.45) is 2.26. The molecule has 1 aliphatic carbocycles. The molecule has 3 aromatic carbocycles. The number of amides is 1. The number of fused-ring (bicyclic) bond motifs is 3. The van der Waals surface area contributed by atoms with E-state index >= 15 is 0 Å². The van der Waals surface area contributed by atoms with Crippen LogP contribution in [0.25, 0.3) is 44.3 Å². The third-order valence-electron chi connectivity index (χ3n) is 7.26. The minimum absolute atomic E-state index is 0.111. The van der Waals surface area contributed by atoms with E-state index in [1.54, 1.807) is 0 Å². The summed E-state index contributed by atoms with van der Waals surface area (Å²) in [5.41, 5.74) is 3.08. The molecule has 1 aliphatic rings. The number of nitrogens with zero attached hydrogens (tertiary/aromatic N) is 1. The first-order chi connectivity index (χ1) is 18.7. The molecule has 0 spiro atoms. The molecule has 2 N–H and O–H groups in total. The van der Waals surface area contributed by atoms with E-state index in [4.69, 9.17) is 9.15 Å². The number of H-pyrrole nitrogens is 1. The Balaban J connectivity index is 1.46. The van der Waals surface area contributed by atoms with Gasteiger partial charge in [0.05, 0.1) is 16.5 Å². The highest BCUT2D eigenvalue weighted by molar-refractivity contribution is 14.1. The highest BCUT2D eigenvalue weighted by Crippen LogP contribution is 2.42. The first-order valence-electron chi connectivity index (χ1n) is 13.0. The van der Waals surface area contributed by atoms with Crippen molar-refractivity contribution in [2.45, 2.75) is 51.2 Å². The van der Waals surface area contributed by atoms with Gasteiger partial charge >= 0.3 is 6.09 Å². The summed E-state index contributed by atoms with van der Waals surface area (Å²) in [6.45, 7) is 5.56. The minimum atomic E-state index is -0.573. The molecule has 8 heteroatoms. The Morgan fingerprint density at radius 2 is 1.69 bits per heavy atom. The lowest BCUT2D eigenvalue weighted by Gasteiger charge is -2.43. The number of nitrogens with one attached hydrogen (secondary N) is 2. The van der Waals surface area contributed by atoms with E-state index in [1.807, 2.05) is 87.5 Å². The van der Waals surface area contributed by atoms with Gasteiger partial charge in [-0.1, -0.05) is 54.6 Å². The molecule has 0 radical (unpaired) electrons. The number of rotatable bonds is 4. The van der Waals surface area contributed by atoms with Crippen LogP contribution >= 0.6 is 22.6 Å². The summed E-state index contributed by atoms with van der Waals surface area (Å²) in [4.78, 5) is 26.6. The minimum Gasteiger partial charge on any atom is -0.453 e. The highest BCUT2D eigenvalue weighted by atomic mass is 127. The number of hydrogen-bond donors (Lipinski definition) is 2. The van der Waals surface area contributed by atoms with Gasteiger partial charge in [-0.15, -0.1) is 0 Å². The molecule has 1 amide bonds. The van der Waals surface area contributed by atoms with Crippen molar-refractivity contribution in [3.05, 3.63) is 86.2 Å². The zero-order chi connectivity index (χ0) is 27.4. The fraction of sp³-hybridized carbons (Fsp3) is 0.258. The molecule has 1 fully saturated rings. The number of halogens is 1. The van der Waals surface area contributed by atoms with Crippen LogP contribution in [-0.2, 0) is 10.3 Å². The van der Waals surface area contributed by atoms with Gasteiger partial charge in [0, 0.05) is 10.9 Å². The topological polar surface area (TPSA) is 97.2 Å². The SMILES string of the molecule is CC(C)(C)OC(=O)NC1(c2ccc(-c3c(-c4ccccc4)oc4c(ccc5c(I)n[nH]c54)c3=O)cc2)CCC1. The quantitative estimate of drug-likeness (QED) is 0.200. The Morgan fingerprint density at radius 1 is 1.00 bits per heavy atom. The van der Waals surface area contributed by atoms with E-state index in [1.165, 1.54) is 0 Å². The predicted molar refractivity (Wildman–Crippen MR) is 161 cm³/mol. The van der Waals surface area contributed by atoms with Gasteiger partial charge in [0.1, 0.15) is 20.6 Å². The molecule has 2 heterocycles. The third kappa shape index (κ3) is 4.60. The van der Waals surface area contributed by atoms with Crippen molar-refractivity contribution < 1.29 is 13.9 Å². The molecular formula is C31H28IN3O4. The van der Waals surface area contributed by atoms with E-state index in [0.717, 1.165) is 45.0 Å². The number of aromatic amines is 1.